The third-order valence-electron chi connectivity index (χ3n) is 5.19. The Labute approximate surface area is 178 Å². The van der Waals surface area contributed by atoms with E-state index in [9.17, 15) is 4.79 Å². The number of aryl methyl sites for hydroxylation is 1. The Kier molecular flexibility index (Phi) is 4.83. The summed E-state index contributed by atoms with van der Waals surface area (Å²) < 4.78 is 15.2. The number of nitrogens with one attached hydrogen (secondary N) is 1. The van der Waals surface area contributed by atoms with Crippen LogP contribution in [0.4, 0.5) is 0 Å². The molecule has 5 rings (SSSR count). The smallest absolute Gasteiger partial charge is 0.255 e. The average Bonchev–Trinajstić information content (AvgIpc) is 3.40. The van der Waals surface area contributed by atoms with Crippen LogP contribution in [0.2, 0.25) is 0 Å². The molecule has 1 N–H and O–H groups in total. The number of aromatic amines is 1. The molecule has 0 fully saturated rings. The van der Waals surface area contributed by atoms with Gasteiger partial charge in [-0.15, -0.1) is 9.78 Å². The highest BCUT2D eigenvalue weighted by atomic mass is 16.5. The second-order valence-electron chi connectivity index (χ2n) is 7.40. The van der Waals surface area contributed by atoms with Crippen LogP contribution in [0.3, 0.4) is 0 Å². The van der Waals surface area contributed by atoms with E-state index in [1.165, 1.54) is 0 Å². The molecule has 0 radical (unpaired) electrons. The van der Waals surface area contributed by atoms with E-state index in [2.05, 4.69) is 15.1 Å². The first kappa shape index (κ1) is 19.2. The fourth-order valence-electron chi connectivity index (χ4n) is 3.53. The number of carbonyl (C=O) groups excluding carboxylic acids is 1. The average molecular weight is 420 g/mol. The summed E-state index contributed by atoms with van der Waals surface area (Å²) in [5.41, 5.74) is 4.40. The summed E-state index contributed by atoms with van der Waals surface area (Å²) in [5, 5.41) is 7.85. The van der Waals surface area contributed by atoms with Crippen LogP contribution in [-0.2, 0) is 11.8 Å². The maximum absolute atomic E-state index is 12.8. The topological polar surface area (TPSA) is 102 Å². The fourth-order valence-corrected chi connectivity index (χ4v) is 3.53. The number of fused-ring (bicyclic) bond motifs is 4. The van der Waals surface area contributed by atoms with Crippen LogP contribution >= 0.6 is 0 Å². The molecule has 0 unspecified atom stereocenters. The number of rotatable bonds is 1. The molecule has 0 spiro atoms. The lowest BCUT2D eigenvalue weighted by Gasteiger charge is -2.17. The molecule has 0 aliphatic carbocycles. The molecule has 0 aromatic carbocycles. The Morgan fingerprint density at radius 1 is 1.10 bits per heavy atom. The number of aromatic nitrogens is 6. The van der Waals surface area contributed by atoms with Crippen LogP contribution in [0.25, 0.3) is 28.0 Å². The van der Waals surface area contributed by atoms with E-state index in [1.54, 1.807) is 41.1 Å². The lowest BCUT2D eigenvalue weighted by Crippen LogP contribution is -2.30. The predicted octanol–water partition coefficient (Wildman–Crippen LogP) is 1.09. The molecular weight excluding hydrogens is 398 g/mol. The molecule has 4 aromatic rings. The van der Waals surface area contributed by atoms with Gasteiger partial charge in [0, 0.05) is 31.5 Å². The van der Waals surface area contributed by atoms with Crippen LogP contribution < -0.4 is 9.42 Å². The van der Waals surface area contributed by atoms with Gasteiger partial charge in [0.25, 0.3) is 5.91 Å². The van der Waals surface area contributed by atoms with E-state index in [1.807, 2.05) is 30.2 Å². The molecule has 5 heterocycles. The fraction of sp³-hybridized carbons (Fsp3) is 0.286. The third-order valence-corrected chi connectivity index (χ3v) is 5.19. The Bertz CT molecular complexity index is 1260. The molecule has 1 aliphatic rings. The second-order valence-corrected chi connectivity index (χ2v) is 7.40. The molecule has 1 aliphatic heterocycles. The second kappa shape index (κ2) is 7.80. The van der Waals surface area contributed by atoms with Crippen molar-refractivity contribution in [3.8, 4) is 28.3 Å². The Morgan fingerprint density at radius 2 is 1.97 bits per heavy atom. The number of likely N-dealkylation sites (N-methyl/N-ethyl adjacent to an activating group) is 1. The van der Waals surface area contributed by atoms with Crippen molar-refractivity contribution in [3.05, 3.63) is 48.7 Å². The van der Waals surface area contributed by atoms with Gasteiger partial charge in [-0.2, -0.15) is 5.10 Å². The van der Waals surface area contributed by atoms with Gasteiger partial charge in [0.15, 0.2) is 12.7 Å². The first-order valence-electron chi connectivity index (χ1n) is 9.95. The normalized spacial score (nSPS) is 15.0. The highest BCUT2D eigenvalue weighted by Gasteiger charge is 2.19. The maximum atomic E-state index is 12.8. The number of H-pyrrole nitrogens is 1. The molecule has 4 aromatic heterocycles. The summed E-state index contributed by atoms with van der Waals surface area (Å²) in [6, 6.07) is 3.74. The van der Waals surface area contributed by atoms with E-state index < -0.39 is 0 Å². The molecule has 158 valence electrons. The van der Waals surface area contributed by atoms with Crippen LogP contribution in [0.15, 0.2) is 43.1 Å². The summed E-state index contributed by atoms with van der Waals surface area (Å²) in [7, 11) is 3.66. The van der Waals surface area contributed by atoms with E-state index in [0.29, 0.717) is 43.5 Å². The highest BCUT2D eigenvalue weighted by molar-refractivity contribution is 5.94. The van der Waals surface area contributed by atoms with E-state index in [-0.39, 0.29) is 5.91 Å². The minimum atomic E-state index is -0.117. The highest BCUT2D eigenvalue weighted by Crippen LogP contribution is 2.30. The number of carbonyl (C=O) groups is 1. The first-order chi connectivity index (χ1) is 15.1. The van der Waals surface area contributed by atoms with Gasteiger partial charge in [-0.05, 0) is 12.1 Å². The number of hydrogen-bond donors (Lipinski definition) is 1. The van der Waals surface area contributed by atoms with Gasteiger partial charge in [-0.1, -0.05) is 0 Å². The van der Waals surface area contributed by atoms with Crippen LogP contribution in [0.5, 0.6) is 5.88 Å². The first-order valence-corrected chi connectivity index (χ1v) is 9.95. The summed E-state index contributed by atoms with van der Waals surface area (Å²) >= 11 is 0. The van der Waals surface area contributed by atoms with Crippen LogP contribution in [0, 0.1) is 0 Å². The molecule has 0 atom stereocenters. The number of amides is 1. The molecular formula is C21H22N7O3+. The van der Waals surface area contributed by atoms with E-state index in [4.69, 9.17) is 14.6 Å². The van der Waals surface area contributed by atoms with Crippen molar-refractivity contribution >= 4 is 11.6 Å². The van der Waals surface area contributed by atoms with Gasteiger partial charge in [0.05, 0.1) is 48.0 Å². The lowest BCUT2D eigenvalue weighted by molar-refractivity contribution is -0.726. The Morgan fingerprint density at radius 3 is 2.81 bits per heavy atom. The Hall–Kier alpha value is -3.79. The van der Waals surface area contributed by atoms with Crippen molar-refractivity contribution in [2.24, 2.45) is 7.05 Å². The quantitative estimate of drug-likeness (QED) is 0.463. The van der Waals surface area contributed by atoms with Gasteiger partial charge in [0.1, 0.15) is 6.61 Å². The zero-order valence-electron chi connectivity index (χ0n) is 17.3. The number of ether oxygens (including phenoxy) is 2. The summed E-state index contributed by atoms with van der Waals surface area (Å²) in [4.78, 5) is 23.2. The van der Waals surface area contributed by atoms with Crippen molar-refractivity contribution < 1.29 is 19.0 Å². The zero-order chi connectivity index (χ0) is 21.4. The van der Waals surface area contributed by atoms with Crippen molar-refractivity contribution in [2.75, 3.05) is 33.4 Å². The monoisotopic (exact) mass is 420 g/mol. The van der Waals surface area contributed by atoms with Gasteiger partial charge in [0.2, 0.25) is 12.1 Å². The standard InChI is InChI=1S/C21H21N7O3/c1-26-3-4-30-5-6-31-20-17(16-11-24-27(2)13-16)8-19-23-12-18(28(19)25-20)14-7-15(21(26)29)10-22-9-14/h7-13H,3-6H2,1-2H3/p+1. The van der Waals surface area contributed by atoms with Crippen molar-refractivity contribution in [3.63, 3.8) is 0 Å². The Balaban J connectivity index is 1.67. The van der Waals surface area contributed by atoms with Crippen LogP contribution in [-0.4, -0.2) is 68.9 Å². The third kappa shape index (κ3) is 3.61. The predicted molar refractivity (Wildman–Crippen MR) is 110 cm³/mol. The number of hydrogen-bond acceptors (Lipinski definition) is 6. The van der Waals surface area contributed by atoms with E-state index in [0.717, 1.165) is 22.4 Å². The SMILES string of the molecule is CN1CCOCCOc2nn3c(cnc3cc2-c2c[nH][n+](C)c2)-c2cncc(c2)C1=O. The van der Waals surface area contributed by atoms with Gasteiger partial charge in [-0.25, -0.2) is 9.50 Å². The van der Waals surface area contributed by atoms with Crippen LogP contribution in [0.1, 0.15) is 10.4 Å². The molecule has 4 bridgehead atoms. The van der Waals surface area contributed by atoms with Gasteiger partial charge >= 0.3 is 0 Å². The molecule has 1 amide bonds. The minimum absolute atomic E-state index is 0.117. The van der Waals surface area contributed by atoms with E-state index >= 15 is 0 Å². The summed E-state index contributed by atoms with van der Waals surface area (Å²) in [5.74, 6) is 0.358. The molecule has 0 saturated carbocycles. The molecule has 31 heavy (non-hydrogen) atoms. The van der Waals surface area contributed by atoms with Gasteiger partial charge < -0.3 is 14.4 Å². The van der Waals surface area contributed by atoms with Crippen molar-refractivity contribution in [1.29, 1.82) is 0 Å². The largest absolute Gasteiger partial charge is 0.474 e. The molecule has 0 saturated heterocycles. The summed E-state index contributed by atoms with van der Waals surface area (Å²) in [6.07, 6.45) is 8.83. The van der Waals surface area contributed by atoms with Gasteiger partial charge in [-0.3, -0.25) is 9.78 Å². The molecule has 10 nitrogen and oxygen atoms in total. The number of nitrogens with zero attached hydrogens (tertiary/aromatic N) is 6. The number of imidazole rings is 1. The minimum Gasteiger partial charge on any atom is -0.474 e. The number of pyridine rings is 1. The maximum Gasteiger partial charge on any atom is 0.255 e. The summed E-state index contributed by atoms with van der Waals surface area (Å²) in [6.45, 7) is 1.60. The molecule has 10 heteroatoms. The lowest BCUT2D eigenvalue weighted by atomic mass is 10.1. The van der Waals surface area contributed by atoms with Crippen molar-refractivity contribution in [1.82, 2.24) is 29.6 Å². The van der Waals surface area contributed by atoms with Crippen molar-refractivity contribution in [2.45, 2.75) is 0 Å². The zero-order valence-corrected chi connectivity index (χ0v) is 17.3.